The maximum absolute atomic E-state index is 6.11. The van der Waals surface area contributed by atoms with Gasteiger partial charge >= 0.3 is 0 Å². The maximum atomic E-state index is 6.11. The number of rotatable bonds is 6. The van der Waals surface area contributed by atoms with Gasteiger partial charge in [0.15, 0.2) is 0 Å². The number of aryl methyl sites for hydroxylation is 1. The summed E-state index contributed by atoms with van der Waals surface area (Å²) in [5.41, 5.74) is 4.05. The lowest BCUT2D eigenvalue weighted by Gasteiger charge is -2.25. The van der Waals surface area contributed by atoms with E-state index in [0.29, 0.717) is 6.10 Å². The summed E-state index contributed by atoms with van der Waals surface area (Å²) < 4.78 is 6.11. The van der Waals surface area contributed by atoms with Gasteiger partial charge in [0.05, 0.1) is 6.10 Å². The van der Waals surface area contributed by atoms with Crippen LogP contribution in [-0.4, -0.2) is 13.2 Å². The average molecular weight is 281 g/mol. The van der Waals surface area contributed by atoms with E-state index in [1.807, 2.05) is 6.07 Å². The summed E-state index contributed by atoms with van der Waals surface area (Å²) in [4.78, 5) is 0. The summed E-state index contributed by atoms with van der Waals surface area (Å²) in [6.45, 7) is 1.78. The molecule has 0 heterocycles. The van der Waals surface area contributed by atoms with E-state index in [9.17, 15) is 0 Å². The summed E-state index contributed by atoms with van der Waals surface area (Å²) in [7, 11) is 0. The molecule has 0 fully saturated rings. The van der Waals surface area contributed by atoms with Crippen molar-refractivity contribution >= 4 is 5.69 Å². The normalized spacial score (nSPS) is 17.2. The molecule has 2 aromatic carbocycles. The molecule has 0 amide bonds. The molecule has 21 heavy (non-hydrogen) atoms. The first-order chi connectivity index (χ1) is 10.4. The number of benzene rings is 2. The number of para-hydroxylation sites is 1. The molecule has 1 aliphatic rings. The lowest BCUT2D eigenvalue weighted by atomic mass is 9.89. The van der Waals surface area contributed by atoms with Gasteiger partial charge < -0.3 is 10.1 Å². The first-order valence-electron chi connectivity index (χ1n) is 7.92. The van der Waals surface area contributed by atoms with Crippen molar-refractivity contribution < 1.29 is 4.74 Å². The Morgan fingerprint density at radius 3 is 2.71 bits per heavy atom. The third-order valence-electron chi connectivity index (χ3n) is 4.06. The summed E-state index contributed by atoms with van der Waals surface area (Å²) >= 11 is 0. The van der Waals surface area contributed by atoms with Crippen LogP contribution in [0.3, 0.4) is 0 Å². The van der Waals surface area contributed by atoms with Gasteiger partial charge in [-0.2, -0.15) is 0 Å². The van der Waals surface area contributed by atoms with Crippen LogP contribution < -0.4 is 5.32 Å². The second-order valence-corrected chi connectivity index (χ2v) is 5.60. The molecule has 0 spiro atoms. The highest BCUT2D eigenvalue weighted by atomic mass is 16.5. The minimum Gasteiger partial charge on any atom is -0.385 e. The molecule has 0 bridgehead atoms. The van der Waals surface area contributed by atoms with Gasteiger partial charge in [-0.25, -0.2) is 0 Å². The quantitative estimate of drug-likeness (QED) is 0.782. The number of fused-ring (bicyclic) bond motifs is 1. The minimum atomic E-state index is 0.298. The number of ether oxygens (including phenoxy) is 1. The average Bonchev–Trinajstić information content (AvgIpc) is 2.56. The molecule has 110 valence electrons. The van der Waals surface area contributed by atoms with Crippen molar-refractivity contribution in [1.82, 2.24) is 0 Å². The van der Waals surface area contributed by atoms with E-state index in [4.69, 9.17) is 4.74 Å². The molecule has 0 saturated heterocycles. The van der Waals surface area contributed by atoms with Crippen molar-refractivity contribution in [1.29, 1.82) is 0 Å². The molecule has 3 rings (SSSR count). The lowest BCUT2D eigenvalue weighted by Crippen LogP contribution is -2.14. The number of hydrogen-bond donors (Lipinski definition) is 1. The number of anilines is 1. The Bertz CT molecular complexity index is 553. The zero-order valence-corrected chi connectivity index (χ0v) is 12.4. The SMILES string of the molecule is c1ccc(NCCCOC2CCCc3ccccc32)cc1. The van der Waals surface area contributed by atoms with E-state index >= 15 is 0 Å². The first kappa shape index (κ1) is 14.2. The highest BCUT2D eigenvalue weighted by Crippen LogP contribution is 2.32. The van der Waals surface area contributed by atoms with Gasteiger partial charge in [0.2, 0.25) is 0 Å². The topological polar surface area (TPSA) is 21.3 Å². The van der Waals surface area contributed by atoms with Crippen LogP contribution in [0.25, 0.3) is 0 Å². The van der Waals surface area contributed by atoms with Crippen LogP contribution in [0.1, 0.15) is 36.5 Å². The first-order valence-corrected chi connectivity index (χ1v) is 7.92. The van der Waals surface area contributed by atoms with Crippen molar-refractivity contribution in [3.63, 3.8) is 0 Å². The Labute approximate surface area is 127 Å². The van der Waals surface area contributed by atoms with E-state index in [-0.39, 0.29) is 0 Å². The van der Waals surface area contributed by atoms with Crippen LogP contribution in [0.15, 0.2) is 54.6 Å². The van der Waals surface area contributed by atoms with Gasteiger partial charge in [-0.15, -0.1) is 0 Å². The molecule has 2 aromatic rings. The van der Waals surface area contributed by atoms with E-state index in [1.54, 1.807) is 0 Å². The summed E-state index contributed by atoms with van der Waals surface area (Å²) in [6, 6.07) is 19.0. The Morgan fingerprint density at radius 1 is 1.00 bits per heavy atom. The molecule has 1 N–H and O–H groups in total. The van der Waals surface area contributed by atoms with Gasteiger partial charge in [-0.1, -0.05) is 42.5 Å². The Balaban J connectivity index is 1.42. The molecule has 1 atom stereocenters. The zero-order chi connectivity index (χ0) is 14.3. The zero-order valence-electron chi connectivity index (χ0n) is 12.4. The summed E-state index contributed by atoms with van der Waals surface area (Å²) in [6.07, 6.45) is 4.93. The monoisotopic (exact) mass is 281 g/mol. The fraction of sp³-hybridized carbons (Fsp3) is 0.368. The molecule has 1 unspecified atom stereocenters. The predicted octanol–water partition coefficient (Wildman–Crippen LogP) is 4.58. The van der Waals surface area contributed by atoms with Gasteiger partial charge in [0.1, 0.15) is 0 Å². The van der Waals surface area contributed by atoms with Crippen LogP contribution in [-0.2, 0) is 11.2 Å². The fourth-order valence-corrected chi connectivity index (χ4v) is 2.97. The fourth-order valence-electron chi connectivity index (χ4n) is 2.97. The molecule has 1 aliphatic carbocycles. The number of nitrogens with one attached hydrogen (secondary N) is 1. The van der Waals surface area contributed by atoms with Crippen LogP contribution in [0, 0.1) is 0 Å². The Morgan fingerprint density at radius 2 is 1.81 bits per heavy atom. The molecule has 2 heteroatoms. The summed E-state index contributed by atoms with van der Waals surface area (Å²) in [5.74, 6) is 0. The number of hydrogen-bond acceptors (Lipinski definition) is 2. The van der Waals surface area contributed by atoms with Gasteiger partial charge in [0, 0.05) is 18.8 Å². The van der Waals surface area contributed by atoms with Gasteiger partial charge in [0.25, 0.3) is 0 Å². The van der Waals surface area contributed by atoms with Crippen molar-refractivity contribution in [3.8, 4) is 0 Å². The molecule has 0 radical (unpaired) electrons. The second-order valence-electron chi connectivity index (χ2n) is 5.60. The van der Waals surface area contributed by atoms with Crippen LogP contribution in [0.5, 0.6) is 0 Å². The third-order valence-corrected chi connectivity index (χ3v) is 4.06. The van der Waals surface area contributed by atoms with Gasteiger partial charge in [-0.3, -0.25) is 0 Å². The van der Waals surface area contributed by atoms with Crippen LogP contribution >= 0.6 is 0 Å². The molecular formula is C19H23NO. The van der Waals surface area contributed by atoms with Crippen molar-refractivity contribution in [3.05, 3.63) is 65.7 Å². The Hall–Kier alpha value is -1.80. The smallest absolute Gasteiger partial charge is 0.0827 e. The molecular weight excluding hydrogens is 258 g/mol. The van der Waals surface area contributed by atoms with Crippen molar-refractivity contribution in [2.45, 2.75) is 31.8 Å². The standard InChI is InChI=1S/C19H23NO/c1-2-10-17(11-3-1)20-14-7-15-21-19-13-6-9-16-8-4-5-12-18(16)19/h1-5,8,10-12,19-20H,6-7,9,13-15H2. The Kier molecular flexibility index (Phi) is 4.90. The van der Waals surface area contributed by atoms with E-state index in [0.717, 1.165) is 26.0 Å². The van der Waals surface area contributed by atoms with E-state index in [2.05, 4.69) is 53.8 Å². The van der Waals surface area contributed by atoms with Crippen LogP contribution in [0.4, 0.5) is 5.69 Å². The highest BCUT2D eigenvalue weighted by Gasteiger charge is 2.19. The largest absolute Gasteiger partial charge is 0.385 e. The predicted molar refractivity (Wildman–Crippen MR) is 87.6 cm³/mol. The highest BCUT2D eigenvalue weighted by molar-refractivity contribution is 5.42. The van der Waals surface area contributed by atoms with E-state index in [1.165, 1.54) is 29.7 Å². The van der Waals surface area contributed by atoms with Gasteiger partial charge in [-0.05, 0) is 48.9 Å². The molecule has 0 aromatic heterocycles. The van der Waals surface area contributed by atoms with Crippen LogP contribution in [0.2, 0.25) is 0 Å². The lowest BCUT2D eigenvalue weighted by molar-refractivity contribution is 0.0406. The minimum absolute atomic E-state index is 0.298. The third kappa shape index (κ3) is 3.85. The van der Waals surface area contributed by atoms with Crippen molar-refractivity contribution in [2.75, 3.05) is 18.5 Å². The maximum Gasteiger partial charge on any atom is 0.0827 e. The molecule has 0 saturated carbocycles. The molecule has 0 aliphatic heterocycles. The summed E-state index contributed by atoms with van der Waals surface area (Å²) in [5, 5.41) is 3.42. The van der Waals surface area contributed by atoms with E-state index < -0.39 is 0 Å². The molecule has 2 nitrogen and oxygen atoms in total. The second kappa shape index (κ2) is 7.28. The van der Waals surface area contributed by atoms with Crippen molar-refractivity contribution in [2.24, 2.45) is 0 Å².